The van der Waals surface area contributed by atoms with Crippen LogP contribution in [0.4, 0.5) is 8.78 Å². The first kappa shape index (κ1) is 16.1. The first-order valence-corrected chi connectivity index (χ1v) is 8.52. The molecule has 0 bridgehead atoms. The van der Waals surface area contributed by atoms with Gasteiger partial charge in [0.15, 0.2) is 0 Å². The topological polar surface area (TPSA) is 24.5 Å². The van der Waals surface area contributed by atoms with Gasteiger partial charge in [0.05, 0.1) is 4.47 Å². The number of nitrogens with zero attached hydrogens (tertiary/aromatic N) is 1. The molecule has 1 N–H and O–H groups in total. The van der Waals surface area contributed by atoms with Crippen molar-refractivity contribution in [2.24, 2.45) is 5.41 Å². The smallest absolute Gasteiger partial charge is 0.387 e. The minimum atomic E-state index is -2.79. The molecule has 2 aliphatic rings. The standard InChI is InChI=1S/C16H21BrF2N2O/c17-13-8-12(2-3-14(13)22-15(18)19)9-21-7-5-16(11-21)4-1-6-20-10-16/h2-3,8,15,20H,1,4-7,9-11H2. The maximum atomic E-state index is 12.3. The Morgan fingerprint density at radius 1 is 1.36 bits per heavy atom. The second kappa shape index (κ2) is 6.81. The molecule has 1 aromatic carbocycles. The SMILES string of the molecule is FC(F)Oc1ccc(CN2CCC3(CCCNC3)C2)cc1Br. The molecule has 3 nitrogen and oxygen atoms in total. The number of ether oxygens (including phenoxy) is 1. The van der Waals surface area contributed by atoms with E-state index in [1.54, 1.807) is 6.07 Å². The quantitative estimate of drug-likeness (QED) is 0.870. The first-order valence-electron chi connectivity index (χ1n) is 7.73. The number of hydrogen-bond donors (Lipinski definition) is 1. The van der Waals surface area contributed by atoms with Crippen LogP contribution in [0.2, 0.25) is 0 Å². The Bertz CT molecular complexity index is 521. The molecule has 22 heavy (non-hydrogen) atoms. The summed E-state index contributed by atoms with van der Waals surface area (Å²) >= 11 is 3.31. The van der Waals surface area contributed by atoms with Gasteiger partial charge in [-0.05, 0) is 71.4 Å². The third-order valence-electron chi connectivity index (χ3n) is 4.70. The van der Waals surface area contributed by atoms with Crippen molar-refractivity contribution in [2.45, 2.75) is 32.4 Å². The zero-order valence-electron chi connectivity index (χ0n) is 12.5. The highest BCUT2D eigenvalue weighted by Crippen LogP contribution is 2.37. The van der Waals surface area contributed by atoms with E-state index in [4.69, 9.17) is 0 Å². The highest BCUT2D eigenvalue weighted by molar-refractivity contribution is 9.10. The molecule has 2 fully saturated rings. The van der Waals surface area contributed by atoms with Crippen molar-refractivity contribution in [2.75, 3.05) is 26.2 Å². The van der Waals surface area contributed by atoms with Gasteiger partial charge in [-0.25, -0.2) is 0 Å². The van der Waals surface area contributed by atoms with Crippen LogP contribution in [0, 0.1) is 5.41 Å². The van der Waals surface area contributed by atoms with Gasteiger partial charge >= 0.3 is 6.61 Å². The van der Waals surface area contributed by atoms with Crippen molar-refractivity contribution < 1.29 is 13.5 Å². The van der Waals surface area contributed by atoms with Crippen LogP contribution in [-0.4, -0.2) is 37.7 Å². The number of benzene rings is 1. The number of halogens is 3. The van der Waals surface area contributed by atoms with Crippen LogP contribution < -0.4 is 10.1 Å². The Labute approximate surface area is 138 Å². The molecule has 0 amide bonds. The lowest BCUT2D eigenvalue weighted by Gasteiger charge is -2.34. The molecule has 6 heteroatoms. The lowest BCUT2D eigenvalue weighted by atomic mass is 9.80. The van der Waals surface area contributed by atoms with E-state index in [9.17, 15) is 8.78 Å². The minimum absolute atomic E-state index is 0.188. The van der Waals surface area contributed by atoms with Gasteiger partial charge in [-0.2, -0.15) is 8.78 Å². The number of piperidine rings is 1. The van der Waals surface area contributed by atoms with E-state index in [0.717, 1.165) is 38.3 Å². The Morgan fingerprint density at radius 3 is 2.91 bits per heavy atom. The monoisotopic (exact) mass is 374 g/mol. The molecule has 0 aromatic heterocycles. The Hall–Kier alpha value is -0.720. The number of rotatable bonds is 4. The summed E-state index contributed by atoms with van der Waals surface area (Å²) in [5.41, 5.74) is 1.56. The van der Waals surface area contributed by atoms with Crippen molar-refractivity contribution in [3.05, 3.63) is 28.2 Å². The number of likely N-dealkylation sites (tertiary alicyclic amines) is 1. The summed E-state index contributed by atoms with van der Waals surface area (Å²) < 4.78 is 29.6. The fraction of sp³-hybridized carbons (Fsp3) is 0.625. The van der Waals surface area contributed by atoms with E-state index in [2.05, 4.69) is 30.9 Å². The van der Waals surface area contributed by atoms with E-state index < -0.39 is 6.61 Å². The zero-order valence-corrected chi connectivity index (χ0v) is 14.0. The van der Waals surface area contributed by atoms with E-state index in [1.807, 2.05) is 12.1 Å². The molecular weight excluding hydrogens is 354 g/mol. The summed E-state index contributed by atoms with van der Waals surface area (Å²) in [6.07, 6.45) is 3.81. The second-order valence-electron chi connectivity index (χ2n) is 6.38. The molecule has 0 aliphatic carbocycles. The van der Waals surface area contributed by atoms with Gasteiger partial charge in [0.25, 0.3) is 0 Å². The molecule has 2 aliphatic heterocycles. The van der Waals surface area contributed by atoms with Gasteiger partial charge in [0.1, 0.15) is 5.75 Å². The molecule has 1 aromatic rings. The van der Waals surface area contributed by atoms with Gasteiger partial charge in [0, 0.05) is 19.6 Å². The van der Waals surface area contributed by atoms with Crippen LogP contribution >= 0.6 is 15.9 Å². The molecular formula is C16H21BrF2N2O. The lowest BCUT2D eigenvalue weighted by molar-refractivity contribution is -0.0503. The summed E-state index contributed by atoms with van der Waals surface area (Å²) in [4.78, 5) is 2.46. The third-order valence-corrected chi connectivity index (χ3v) is 5.32. The molecule has 2 saturated heterocycles. The highest BCUT2D eigenvalue weighted by atomic mass is 79.9. The van der Waals surface area contributed by atoms with Crippen molar-refractivity contribution in [1.29, 1.82) is 0 Å². The summed E-state index contributed by atoms with van der Waals surface area (Å²) in [7, 11) is 0. The van der Waals surface area contributed by atoms with Crippen LogP contribution in [0.1, 0.15) is 24.8 Å². The Balaban J connectivity index is 1.60. The van der Waals surface area contributed by atoms with Crippen LogP contribution in [-0.2, 0) is 6.54 Å². The maximum Gasteiger partial charge on any atom is 0.387 e. The van der Waals surface area contributed by atoms with Gasteiger partial charge in [-0.1, -0.05) is 6.07 Å². The molecule has 0 radical (unpaired) electrons. The highest BCUT2D eigenvalue weighted by Gasteiger charge is 2.38. The molecule has 1 atom stereocenters. The average molecular weight is 375 g/mol. The number of hydrogen-bond acceptors (Lipinski definition) is 3. The third kappa shape index (κ3) is 3.78. The molecule has 122 valence electrons. The van der Waals surface area contributed by atoms with Crippen LogP contribution in [0.15, 0.2) is 22.7 Å². The van der Waals surface area contributed by atoms with Crippen molar-refractivity contribution >= 4 is 15.9 Å². The fourth-order valence-electron chi connectivity index (χ4n) is 3.63. The summed E-state index contributed by atoms with van der Waals surface area (Å²) in [5.74, 6) is 0.188. The van der Waals surface area contributed by atoms with Gasteiger partial charge < -0.3 is 10.1 Å². The molecule has 1 unspecified atom stereocenters. The first-order chi connectivity index (χ1) is 10.6. The minimum Gasteiger partial charge on any atom is -0.434 e. The van der Waals surface area contributed by atoms with Gasteiger partial charge in [0.2, 0.25) is 0 Å². The number of nitrogens with one attached hydrogen (secondary N) is 1. The largest absolute Gasteiger partial charge is 0.434 e. The predicted molar refractivity (Wildman–Crippen MR) is 85.2 cm³/mol. The van der Waals surface area contributed by atoms with Crippen molar-refractivity contribution in [1.82, 2.24) is 10.2 Å². The van der Waals surface area contributed by atoms with Crippen molar-refractivity contribution in [3.8, 4) is 5.75 Å². The maximum absolute atomic E-state index is 12.3. The lowest BCUT2D eigenvalue weighted by Crippen LogP contribution is -2.41. The van der Waals surface area contributed by atoms with Gasteiger partial charge in [-0.15, -0.1) is 0 Å². The summed E-state index contributed by atoms with van der Waals surface area (Å²) in [5, 5.41) is 3.51. The summed E-state index contributed by atoms with van der Waals surface area (Å²) in [6, 6.07) is 5.36. The zero-order chi connectivity index (χ0) is 15.6. The predicted octanol–water partition coefficient (Wildman–Crippen LogP) is 3.63. The van der Waals surface area contributed by atoms with E-state index in [1.165, 1.54) is 19.3 Å². The molecule has 1 spiro atoms. The average Bonchev–Trinajstić information content (AvgIpc) is 2.85. The number of alkyl halides is 2. The summed E-state index contributed by atoms with van der Waals surface area (Å²) in [6.45, 7) is 2.55. The van der Waals surface area contributed by atoms with E-state index >= 15 is 0 Å². The van der Waals surface area contributed by atoms with Crippen LogP contribution in [0.25, 0.3) is 0 Å². The Kier molecular flexibility index (Phi) is 5.00. The van der Waals surface area contributed by atoms with Gasteiger partial charge in [-0.3, -0.25) is 4.90 Å². The fourth-order valence-corrected chi connectivity index (χ4v) is 4.15. The van der Waals surface area contributed by atoms with Crippen molar-refractivity contribution in [3.63, 3.8) is 0 Å². The normalized spacial score (nSPS) is 26.0. The van der Waals surface area contributed by atoms with Crippen LogP contribution in [0.3, 0.4) is 0 Å². The molecule has 3 rings (SSSR count). The second-order valence-corrected chi connectivity index (χ2v) is 7.24. The Morgan fingerprint density at radius 2 is 2.23 bits per heavy atom. The van der Waals surface area contributed by atoms with E-state index in [0.29, 0.717) is 9.89 Å². The molecule has 2 heterocycles. The van der Waals surface area contributed by atoms with E-state index in [-0.39, 0.29) is 5.75 Å². The van der Waals surface area contributed by atoms with Crippen LogP contribution in [0.5, 0.6) is 5.75 Å². The molecule has 0 saturated carbocycles.